The highest BCUT2D eigenvalue weighted by Crippen LogP contribution is 2.33. The number of nitrogens with zero attached hydrogens (tertiary/aromatic N) is 1. The van der Waals surface area contributed by atoms with Gasteiger partial charge in [-0.15, -0.1) is 11.3 Å². The second-order valence-corrected chi connectivity index (χ2v) is 4.96. The highest BCUT2D eigenvalue weighted by Gasteiger charge is 2.16. The molecule has 94 valence electrons. The van der Waals surface area contributed by atoms with Gasteiger partial charge in [0.2, 0.25) is 0 Å². The first-order chi connectivity index (χ1) is 8.56. The number of rotatable bonds is 3. The van der Waals surface area contributed by atoms with Crippen LogP contribution in [0.2, 0.25) is 0 Å². The standard InChI is InChI=1S/C13H13NO3S/c1-7(13(15)17-4)10-5-9(16-3)6-11-12(10)14-8(2)18-11/h5-6H,1H2,2-4H3. The van der Waals surface area contributed by atoms with E-state index in [2.05, 4.69) is 11.6 Å². The summed E-state index contributed by atoms with van der Waals surface area (Å²) in [6.07, 6.45) is 0. The van der Waals surface area contributed by atoms with Crippen LogP contribution in [0.5, 0.6) is 5.75 Å². The minimum Gasteiger partial charge on any atom is -0.497 e. The van der Waals surface area contributed by atoms with E-state index in [9.17, 15) is 4.79 Å². The van der Waals surface area contributed by atoms with Crippen LogP contribution in [0.3, 0.4) is 0 Å². The molecule has 2 rings (SSSR count). The molecular formula is C13H13NO3S. The summed E-state index contributed by atoms with van der Waals surface area (Å²) in [6, 6.07) is 3.65. The van der Waals surface area contributed by atoms with E-state index in [1.54, 1.807) is 24.5 Å². The van der Waals surface area contributed by atoms with Gasteiger partial charge in [-0.25, -0.2) is 9.78 Å². The third-order valence-electron chi connectivity index (χ3n) is 2.57. The molecule has 0 unspecified atom stereocenters. The summed E-state index contributed by atoms with van der Waals surface area (Å²) in [5.74, 6) is 0.210. The molecule has 0 atom stereocenters. The third-order valence-corrected chi connectivity index (χ3v) is 3.49. The van der Waals surface area contributed by atoms with E-state index in [0.29, 0.717) is 11.3 Å². The van der Waals surface area contributed by atoms with Crippen molar-refractivity contribution in [3.8, 4) is 5.75 Å². The zero-order valence-corrected chi connectivity index (χ0v) is 11.3. The lowest BCUT2D eigenvalue weighted by molar-refractivity contribution is -0.133. The van der Waals surface area contributed by atoms with Gasteiger partial charge in [0.25, 0.3) is 0 Å². The number of ether oxygens (including phenoxy) is 2. The smallest absolute Gasteiger partial charge is 0.337 e. The molecule has 0 N–H and O–H groups in total. The van der Waals surface area contributed by atoms with Gasteiger partial charge in [0, 0.05) is 5.56 Å². The van der Waals surface area contributed by atoms with Crippen LogP contribution in [0.1, 0.15) is 10.6 Å². The minimum atomic E-state index is -0.463. The number of carbonyl (C=O) groups excluding carboxylic acids is 1. The van der Waals surface area contributed by atoms with Gasteiger partial charge in [-0.3, -0.25) is 0 Å². The molecule has 5 heteroatoms. The number of carbonyl (C=O) groups is 1. The maximum Gasteiger partial charge on any atom is 0.337 e. The molecule has 2 aromatic rings. The summed E-state index contributed by atoms with van der Waals surface area (Å²) in [6.45, 7) is 5.68. The number of benzene rings is 1. The Morgan fingerprint density at radius 1 is 1.39 bits per heavy atom. The van der Waals surface area contributed by atoms with Gasteiger partial charge in [-0.05, 0) is 19.1 Å². The number of methoxy groups -OCH3 is 2. The lowest BCUT2D eigenvalue weighted by Crippen LogP contribution is -2.03. The second kappa shape index (κ2) is 4.78. The average Bonchev–Trinajstić information content (AvgIpc) is 2.75. The summed E-state index contributed by atoms with van der Waals surface area (Å²) < 4.78 is 10.9. The Morgan fingerprint density at radius 3 is 2.72 bits per heavy atom. The van der Waals surface area contributed by atoms with E-state index < -0.39 is 5.97 Å². The van der Waals surface area contributed by atoms with Crippen LogP contribution < -0.4 is 4.74 Å². The molecule has 0 bridgehead atoms. The Kier molecular flexibility index (Phi) is 3.34. The van der Waals surface area contributed by atoms with Crippen molar-refractivity contribution in [1.82, 2.24) is 4.98 Å². The molecule has 18 heavy (non-hydrogen) atoms. The van der Waals surface area contributed by atoms with Gasteiger partial charge >= 0.3 is 5.97 Å². The van der Waals surface area contributed by atoms with Gasteiger partial charge in [0.1, 0.15) is 5.75 Å². The molecule has 4 nitrogen and oxygen atoms in total. The van der Waals surface area contributed by atoms with Crippen molar-refractivity contribution >= 4 is 33.1 Å². The molecule has 0 aliphatic rings. The zero-order chi connectivity index (χ0) is 13.3. The fourth-order valence-corrected chi connectivity index (χ4v) is 2.58. The van der Waals surface area contributed by atoms with Gasteiger partial charge in [0.15, 0.2) is 0 Å². The lowest BCUT2D eigenvalue weighted by atomic mass is 10.1. The van der Waals surface area contributed by atoms with Gasteiger partial charge in [0.05, 0.1) is 35.0 Å². The molecule has 1 aromatic heterocycles. The Hall–Kier alpha value is -1.88. The second-order valence-electron chi connectivity index (χ2n) is 3.72. The monoisotopic (exact) mass is 263 g/mol. The summed E-state index contributed by atoms with van der Waals surface area (Å²) in [7, 11) is 2.91. The first-order valence-corrected chi connectivity index (χ1v) is 6.11. The number of esters is 1. The van der Waals surface area contributed by atoms with E-state index in [1.807, 2.05) is 13.0 Å². The highest BCUT2D eigenvalue weighted by molar-refractivity contribution is 7.18. The van der Waals surface area contributed by atoms with E-state index >= 15 is 0 Å². The Bertz CT molecular complexity index is 630. The molecule has 0 radical (unpaired) electrons. The van der Waals surface area contributed by atoms with Crippen molar-refractivity contribution in [3.63, 3.8) is 0 Å². The average molecular weight is 263 g/mol. The number of hydrogen-bond acceptors (Lipinski definition) is 5. The quantitative estimate of drug-likeness (QED) is 0.631. The summed E-state index contributed by atoms with van der Waals surface area (Å²) in [5, 5.41) is 0.928. The predicted octanol–water partition coefficient (Wildman–Crippen LogP) is 2.80. The highest BCUT2D eigenvalue weighted by atomic mass is 32.1. The predicted molar refractivity (Wildman–Crippen MR) is 72.0 cm³/mol. The van der Waals surface area contributed by atoms with Crippen LogP contribution in [0.25, 0.3) is 15.8 Å². The molecule has 0 aliphatic carbocycles. The Labute approximate surface area is 109 Å². The van der Waals surface area contributed by atoms with Gasteiger partial charge in [-0.2, -0.15) is 0 Å². The normalized spacial score (nSPS) is 10.4. The van der Waals surface area contributed by atoms with Crippen molar-refractivity contribution in [2.45, 2.75) is 6.92 Å². The Morgan fingerprint density at radius 2 is 2.11 bits per heavy atom. The molecular weight excluding hydrogens is 250 g/mol. The van der Waals surface area contributed by atoms with E-state index in [1.165, 1.54) is 7.11 Å². The maximum atomic E-state index is 11.6. The topological polar surface area (TPSA) is 48.4 Å². The number of aromatic nitrogens is 1. The zero-order valence-electron chi connectivity index (χ0n) is 10.4. The molecule has 0 amide bonds. The van der Waals surface area contributed by atoms with E-state index in [0.717, 1.165) is 15.2 Å². The van der Waals surface area contributed by atoms with Crippen LogP contribution in [0.15, 0.2) is 18.7 Å². The van der Waals surface area contributed by atoms with Gasteiger partial charge < -0.3 is 9.47 Å². The first-order valence-electron chi connectivity index (χ1n) is 5.29. The van der Waals surface area contributed by atoms with Crippen LogP contribution >= 0.6 is 11.3 Å². The number of thiazole rings is 1. The van der Waals surface area contributed by atoms with Crippen molar-refractivity contribution < 1.29 is 14.3 Å². The van der Waals surface area contributed by atoms with Crippen LogP contribution in [0, 0.1) is 6.92 Å². The third kappa shape index (κ3) is 2.09. The number of fused-ring (bicyclic) bond motifs is 1. The van der Waals surface area contributed by atoms with Gasteiger partial charge in [-0.1, -0.05) is 6.58 Å². The fourth-order valence-electron chi connectivity index (χ4n) is 1.70. The lowest BCUT2D eigenvalue weighted by Gasteiger charge is -2.07. The molecule has 0 aliphatic heterocycles. The van der Waals surface area contributed by atoms with Crippen molar-refractivity contribution in [1.29, 1.82) is 0 Å². The maximum absolute atomic E-state index is 11.6. The molecule has 1 heterocycles. The summed E-state index contributed by atoms with van der Waals surface area (Å²) >= 11 is 1.55. The first kappa shape index (κ1) is 12.6. The molecule has 0 fully saturated rings. The number of hydrogen-bond donors (Lipinski definition) is 0. The SMILES string of the molecule is C=C(C(=O)OC)c1cc(OC)cc2sc(C)nc12. The van der Waals surface area contributed by atoms with Crippen molar-refractivity contribution in [2.75, 3.05) is 14.2 Å². The molecule has 0 saturated carbocycles. The molecule has 1 aromatic carbocycles. The minimum absolute atomic E-state index is 0.284. The summed E-state index contributed by atoms with van der Waals surface area (Å²) in [4.78, 5) is 16.0. The van der Waals surface area contributed by atoms with Crippen molar-refractivity contribution in [3.05, 3.63) is 29.3 Å². The fraction of sp³-hybridized carbons (Fsp3) is 0.231. The Balaban J connectivity index is 2.67. The van der Waals surface area contributed by atoms with E-state index in [4.69, 9.17) is 9.47 Å². The molecule has 0 saturated heterocycles. The van der Waals surface area contributed by atoms with E-state index in [-0.39, 0.29) is 5.57 Å². The number of aryl methyl sites for hydroxylation is 1. The summed E-state index contributed by atoms with van der Waals surface area (Å²) in [5.41, 5.74) is 1.70. The van der Waals surface area contributed by atoms with Crippen LogP contribution in [-0.4, -0.2) is 25.2 Å². The molecule has 0 spiro atoms. The van der Waals surface area contributed by atoms with Crippen LogP contribution in [0.4, 0.5) is 0 Å². The van der Waals surface area contributed by atoms with Crippen LogP contribution in [-0.2, 0) is 9.53 Å². The largest absolute Gasteiger partial charge is 0.497 e. The van der Waals surface area contributed by atoms with Crippen molar-refractivity contribution in [2.24, 2.45) is 0 Å².